The van der Waals surface area contributed by atoms with Gasteiger partial charge < -0.3 is 4.74 Å². The molecule has 0 bridgehead atoms. The molecule has 0 N–H and O–H groups in total. The third kappa shape index (κ3) is 4.47. The molecule has 5 heteroatoms. The van der Waals surface area contributed by atoms with Gasteiger partial charge in [-0.2, -0.15) is 0 Å². The maximum atomic E-state index is 12.2. The molecule has 0 unspecified atom stereocenters. The van der Waals surface area contributed by atoms with Crippen molar-refractivity contribution in [3.8, 4) is 21.0 Å². The number of hydrogen-bond acceptors (Lipinski definition) is 5. The summed E-state index contributed by atoms with van der Waals surface area (Å²) in [7, 11) is 1.42. The molecular formula is C22H25NO2S2. The summed E-state index contributed by atoms with van der Waals surface area (Å²) in [5, 5.41) is 3.01. The van der Waals surface area contributed by atoms with E-state index >= 15 is 0 Å². The first-order valence-corrected chi connectivity index (χ1v) is 10.9. The Morgan fingerprint density at radius 2 is 1.89 bits per heavy atom. The summed E-state index contributed by atoms with van der Waals surface area (Å²) in [5.41, 5.74) is 3.73. The van der Waals surface area contributed by atoms with Crippen LogP contribution in [0.5, 0.6) is 0 Å². The van der Waals surface area contributed by atoms with Crippen LogP contribution in [0.2, 0.25) is 0 Å². The van der Waals surface area contributed by atoms with Crippen molar-refractivity contribution in [2.75, 3.05) is 7.11 Å². The van der Waals surface area contributed by atoms with Gasteiger partial charge in [-0.1, -0.05) is 33.8 Å². The maximum absolute atomic E-state index is 12.2. The summed E-state index contributed by atoms with van der Waals surface area (Å²) in [6, 6.07) is 10.0. The SMILES string of the molecule is COC(=O)c1cc(-c2cccs2)cc(-c2nc(C(C)C)c(CC(C)C)s2)c1. The van der Waals surface area contributed by atoms with Gasteiger partial charge in [0, 0.05) is 15.3 Å². The molecule has 0 atom stereocenters. The highest BCUT2D eigenvalue weighted by atomic mass is 32.1. The van der Waals surface area contributed by atoms with E-state index in [1.807, 2.05) is 23.6 Å². The number of ether oxygens (including phenoxy) is 1. The van der Waals surface area contributed by atoms with Crippen molar-refractivity contribution in [1.29, 1.82) is 0 Å². The molecule has 0 radical (unpaired) electrons. The van der Waals surface area contributed by atoms with Gasteiger partial charge in [0.15, 0.2) is 0 Å². The molecule has 2 aromatic heterocycles. The molecule has 1 aromatic carbocycles. The predicted molar refractivity (Wildman–Crippen MR) is 115 cm³/mol. The molecule has 0 aliphatic rings. The van der Waals surface area contributed by atoms with E-state index in [-0.39, 0.29) is 5.97 Å². The van der Waals surface area contributed by atoms with Gasteiger partial charge in [0.25, 0.3) is 0 Å². The van der Waals surface area contributed by atoms with Crippen molar-refractivity contribution < 1.29 is 9.53 Å². The van der Waals surface area contributed by atoms with Gasteiger partial charge in [0.1, 0.15) is 5.01 Å². The molecule has 0 aliphatic heterocycles. The molecule has 0 aliphatic carbocycles. The molecule has 3 aromatic rings. The van der Waals surface area contributed by atoms with E-state index in [0.717, 1.165) is 27.4 Å². The smallest absolute Gasteiger partial charge is 0.337 e. The zero-order valence-corrected chi connectivity index (χ0v) is 18.0. The zero-order chi connectivity index (χ0) is 19.6. The number of nitrogens with zero attached hydrogens (tertiary/aromatic N) is 1. The van der Waals surface area contributed by atoms with Crippen molar-refractivity contribution >= 4 is 28.6 Å². The van der Waals surface area contributed by atoms with Crippen molar-refractivity contribution in [2.45, 2.75) is 40.0 Å². The van der Waals surface area contributed by atoms with Gasteiger partial charge in [0.2, 0.25) is 0 Å². The first kappa shape index (κ1) is 19.8. The Hall–Kier alpha value is -1.98. The maximum Gasteiger partial charge on any atom is 0.337 e. The van der Waals surface area contributed by atoms with E-state index in [1.165, 1.54) is 17.7 Å². The third-order valence-corrected chi connectivity index (χ3v) is 6.34. The average Bonchev–Trinajstić information content (AvgIpc) is 3.30. The number of methoxy groups -OCH3 is 1. The lowest BCUT2D eigenvalue weighted by Crippen LogP contribution is -2.01. The number of carbonyl (C=O) groups excluding carboxylic acids is 1. The molecule has 3 rings (SSSR count). The minimum absolute atomic E-state index is 0.322. The molecule has 2 heterocycles. The summed E-state index contributed by atoms with van der Waals surface area (Å²) in [4.78, 5) is 19.6. The second kappa shape index (κ2) is 8.36. The Labute approximate surface area is 169 Å². The van der Waals surface area contributed by atoms with Crippen LogP contribution in [-0.2, 0) is 11.2 Å². The van der Waals surface area contributed by atoms with E-state index in [0.29, 0.717) is 17.4 Å². The average molecular weight is 400 g/mol. The van der Waals surface area contributed by atoms with Crippen LogP contribution in [0.1, 0.15) is 54.5 Å². The summed E-state index contributed by atoms with van der Waals surface area (Å²) in [6.45, 7) is 8.84. The number of thiophene rings is 1. The van der Waals surface area contributed by atoms with Crippen LogP contribution in [-0.4, -0.2) is 18.1 Å². The highest BCUT2D eigenvalue weighted by molar-refractivity contribution is 7.15. The van der Waals surface area contributed by atoms with E-state index < -0.39 is 0 Å². The van der Waals surface area contributed by atoms with Gasteiger partial charge in [-0.3, -0.25) is 0 Å². The lowest BCUT2D eigenvalue weighted by atomic mass is 10.0. The van der Waals surface area contributed by atoms with E-state index in [4.69, 9.17) is 9.72 Å². The number of hydrogen-bond donors (Lipinski definition) is 0. The lowest BCUT2D eigenvalue weighted by molar-refractivity contribution is 0.0601. The van der Waals surface area contributed by atoms with Gasteiger partial charge in [0.05, 0.1) is 18.4 Å². The quantitative estimate of drug-likeness (QED) is 0.436. The monoisotopic (exact) mass is 399 g/mol. The van der Waals surface area contributed by atoms with E-state index in [2.05, 4.69) is 39.8 Å². The zero-order valence-electron chi connectivity index (χ0n) is 16.4. The molecule has 27 heavy (non-hydrogen) atoms. The minimum Gasteiger partial charge on any atom is -0.465 e. The number of benzene rings is 1. The molecule has 0 spiro atoms. The van der Waals surface area contributed by atoms with Crippen LogP contribution in [0, 0.1) is 5.92 Å². The third-order valence-electron chi connectivity index (χ3n) is 4.27. The fourth-order valence-corrected chi connectivity index (χ4v) is 5.16. The highest BCUT2D eigenvalue weighted by Gasteiger charge is 2.18. The Kier molecular flexibility index (Phi) is 6.12. The molecule has 0 saturated heterocycles. The Morgan fingerprint density at radius 3 is 2.48 bits per heavy atom. The molecular weight excluding hydrogens is 374 g/mol. The standard InChI is InChI=1S/C22H25NO2S2/c1-13(2)9-19-20(14(3)4)23-21(27-19)16-10-15(18-7-6-8-26-18)11-17(12-16)22(24)25-5/h6-8,10-14H,9H2,1-5H3. The van der Waals surface area contributed by atoms with E-state index in [9.17, 15) is 4.79 Å². The van der Waals surface area contributed by atoms with Crippen LogP contribution in [0.3, 0.4) is 0 Å². The molecule has 142 valence electrons. The van der Waals surface area contributed by atoms with Crippen LogP contribution in [0.4, 0.5) is 0 Å². The van der Waals surface area contributed by atoms with Crippen LogP contribution >= 0.6 is 22.7 Å². The summed E-state index contributed by atoms with van der Waals surface area (Å²) >= 11 is 3.40. The van der Waals surface area contributed by atoms with Gasteiger partial charge in [-0.25, -0.2) is 9.78 Å². The fraction of sp³-hybridized carbons (Fsp3) is 0.364. The van der Waals surface area contributed by atoms with E-state index in [1.54, 1.807) is 22.7 Å². The van der Waals surface area contributed by atoms with Crippen molar-refractivity contribution in [3.05, 3.63) is 51.8 Å². The second-order valence-corrected chi connectivity index (χ2v) is 9.38. The molecule has 0 saturated carbocycles. The number of thiazole rings is 1. The normalized spacial score (nSPS) is 11.4. The summed E-state index contributed by atoms with van der Waals surface area (Å²) < 4.78 is 4.97. The number of esters is 1. The van der Waals surface area contributed by atoms with Gasteiger partial charge in [-0.15, -0.1) is 22.7 Å². The largest absolute Gasteiger partial charge is 0.465 e. The van der Waals surface area contributed by atoms with Crippen molar-refractivity contribution in [2.24, 2.45) is 5.92 Å². The molecule has 0 fully saturated rings. The number of rotatable bonds is 6. The number of aromatic nitrogens is 1. The fourth-order valence-electron chi connectivity index (χ4n) is 3.03. The summed E-state index contributed by atoms with van der Waals surface area (Å²) in [6.07, 6.45) is 1.03. The molecule has 0 amide bonds. The topological polar surface area (TPSA) is 39.2 Å². The number of carbonyl (C=O) groups is 1. The van der Waals surface area contributed by atoms with Crippen molar-refractivity contribution in [1.82, 2.24) is 4.98 Å². The second-order valence-electron chi connectivity index (χ2n) is 7.35. The predicted octanol–water partition coefficient (Wildman–Crippen LogP) is 6.65. The minimum atomic E-state index is -0.322. The Balaban J connectivity index is 2.13. The van der Waals surface area contributed by atoms with Crippen LogP contribution in [0.25, 0.3) is 21.0 Å². The lowest BCUT2D eigenvalue weighted by Gasteiger charge is -2.07. The Morgan fingerprint density at radius 1 is 1.15 bits per heavy atom. The van der Waals surface area contributed by atoms with Gasteiger partial charge in [-0.05, 0) is 53.5 Å². The van der Waals surface area contributed by atoms with Crippen LogP contribution < -0.4 is 0 Å². The Bertz CT molecular complexity index is 924. The first-order valence-electron chi connectivity index (χ1n) is 9.16. The summed E-state index contributed by atoms with van der Waals surface area (Å²) in [5.74, 6) is 0.640. The molecule has 3 nitrogen and oxygen atoms in total. The van der Waals surface area contributed by atoms with Crippen molar-refractivity contribution in [3.63, 3.8) is 0 Å². The van der Waals surface area contributed by atoms with Crippen LogP contribution in [0.15, 0.2) is 35.7 Å². The first-order chi connectivity index (χ1) is 12.9. The highest BCUT2D eigenvalue weighted by Crippen LogP contribution is 2.36. The van der Waals surface area contributed by atoms with Gasteiger partial charge >= 0.3 is 5.97 Å².